The summed E-state index contributed by atoms with van der Waals surface area (Å²) in [5.41, 5.74) is 3.72. The predicted octanol–water partition coefficient (Wildman–Crippen LogP) is 4.39. The van der Waals surface area contributed by atoms with Gasteiger partial charge in [0.25, 0.3) is 0 Å². The molecule has 0 fully saturated rings. The topological polar surface area (TPSA) is 0 Å². The van der Waals surface area contributed by atoms with Crippen molar-refractivity contribution in [1.29, 1.82) is 0 Å². The van der Waals surface area contributed by atoms with E-state index in [9.17, 15) is 0 Å². The molecule has 0 spiro atoms. The molecule has 0 unspecified atom stereocenters. The van der Waals surface area contributed by atoms with Crippen LogP contribution in [0.25, 0.3) is 5.57 Å². The Balaban J connectivity index is 0.000000791. The lowest BCUT2D eigenvalue weighted by molar-refractivity contribution is 1.45. The molecule has 0 heteroatoms. The van der Waals surface area contributed by atoms with Crippen molar-refractivity contribution < 1.29 is 0 Å². The molecule has 74 valence electrons. The third-order valence-corrected chi connectivity index (χ3v) is 1.88. The Labute approximate surface area is 87.3 Å². The Morgan fingerprint density at radius 1 is 1.29 bits per heavy atom. The minimum Gasteiger partial charge on any atom is -0.106 e. The van der Waals surface area contributed by atoms with Crippen LogP contribution < -0.4 is 0 Å². The van der Waals surface area contributed by atoms with Gasteiger partial charge in [0.15, 0.2) is 0 Å². The largest absolute Gasteiger partial charge is 0.106 e. The Bertz CT molecular complexity index is 319. The van der Waals surface area contributed by atoms with Gasteiger partial charge in [-0.1, -0.05) is 48.6 Å². The minimum atomic E-state index is 1.19. The highest BCUT2D eigenvalue weighted by atomic mass is 14.0. The molecule has 0 bridgehead atoms. The van der Waals surface area contributed by atoms with Crippen LogP contribution in [0, 0.1) is 6.92 Å². The van der Waals surface area contributed by atoms with Crippen LogP contribution in [0.4, 0.5) is 0 Å². The lowest BCUT2D eigenvalue weighted by atomic mass is 10.0. The van der Waals surface area contributed by atoms with E-state index in [0.717, 1.165) is 0 Å². The van der Waals surface area contributed by atoms with E-state index in [1.807, 2.05) is 13.0 Å². The molecular weight excluding hydrogens is 168 g/mol. The van der Waals surface area contributed by atoms with Crippen LogP contribution in [-0.4, -0.2) is 0 Å². The van der Waals surface area contributed by atoms with Crippen molar-refractivity contribution in [3.05, 3.63) is 67.3 Å². The van der Waals surface area contributed by atoms with Gasteiger partial charge in [0.2, 0.25) is 0 Å². The van der Waals surface area contributed by atoms with Gasteiger partial charge in [-0.05, 0) is 25.0 Å². The smallest absolute Gasteiger partial charge is 0.0185 e. The van der Waals surface area contributed by atoms with Crippen LogP contribution in [0.1, 0.15) is 18.1 Å². The van der Waals surface area contributed by atoms with Crippen LogP contribution >= 0.6 is 0 Å². The highest BCUT2D eigenvalue weighted by Gasteiger charge is 1.94. The van der Waals surface area contributed by atoms with Gasteiger partial charge in [-0.15, -0.1) is 13.2 Å². The standard InChI is InChI=1S/C12H14.C2H4/c1-4-11(5-2)12-8-6-7-10(3)9-12;1-2/h4-9H,1H2,2-3H3;1-2H2/b11-5+;. The molecule has 1 rings (SSSR count). The number of allylic oxidation sites excluding steroid dienone is 3. The van der Waals surface area contributed by atoms with Gasteiger partial charge in [-0.3, -0.25) is 0 Å². The number of rotatable bonds is 2. The number of benzene rings is 1. The molecule has 0 nitrogen and oxygen atoms in total. The molecule has 0 aliphatic rings. The van der Waals surface area contributed by atoms with Gasteiger partial charge in [-0.25, -0.2) is 0 Å². The molecule has 0 radical (unpaired) electrons. The highest BCUT2D eigenvalue weighted by molar-refractivity contribution is 5.73. The number of hydrogen-bond donors (Lipinski definition) is 0. The van der Waals surface area contributed by atoms with Crippen LogP contribution in [0.5, 0.6) is 0 Å². The molecule has 0 heterocycles. The fourth-order valence-electron chi connectivity index (χ4n) is 1.23. The quantitative estimate of drug-likeness (QED) is 0.475. The molecule has 0 aromatic heterocycles. The Kier molecular flexibility index (Phi) is 6.13. The van der Waals surface area contributed by atoms with E-state index in [4.69, 9.17) is 0 Å². The van der Waals surface area contributed by atoms with E-state index in [1.165, 1.54) is 16.7 Å². The summed E-state index contributed by atoms with van der Waals surface area (Å²) in [6.45, 7) is 13.9. The minimum absolute atomic E-state index is 1.19. The monoisotopic (exact) mass is 186 g/mol. The van der Waals surface area contributed by atoms with Crippen molar-refractivity contribution in [2.45, 2.75) is 13.8 Å². The fraction of sp³-hybridized carbons (Fsp3) is 0.143. The zero-order valence-electron chi connectivity index (χ0n) is 9.09. The van der Waals surface area contributed by atoms with Crippen molar-refractivity contribution in [3.8, 4) is 0 Å². The maximum Gasteiger partial charge on any atom is -0.0185 e. The van der Waals surface area contributed by atoms with E-state index in [-0.39, 0.29) is 0 Å². The van der Waals surface area contributed by atoms with Gasteiger partial charge >= 0.3 is 0 Å². The lowest BCUT2D eigenvalue weighted by Gasteiger charge is -2.01. The molecule has 0 amide bonds. The first kappa shape index (κ1) is 12.4. The summed E-state index contributed by atoms with van der Waals surface area (Å²) in [6, 6.07) is 8.43. The first-order chi connectivity index (χ1) is 6.77. The molecule has 0 N–H and O–H groups in total. The summed E-state index contributed by atoms with van der Waals surface area (Å²) < 4.78 is 0. The van der Waals surface area contributed by atoms with Crippen LogP contribution in [-0.2, 0) is 0 Å². The van der Waals surface area contributed by atoms with Gasteiger partial charge in [0, 0.05) is 0 Å². The highest BCUT2D eigenvalue weighted by Crippen LogP contribution is 2.15. The zero-order valence-corrected chi connectivity index (χ0v) is 9.09. The normalized spacial score (nSPS) is 10.0. The summed E-state index contributed by atoms with van der Waals surface area (Å²) in [5, 5.41) is 0. The van der Waals surface area contributed by atoms with Crippen molar-refractivity contribution in [3.63, 3.8) is 0 Å². The van der Waals surface area contributed by atoms with E-state index in [0.29, 0.717) is 0 Å². The van der Waals surface area contributed by atoms with Crippen LogP contribution in [0.15, 0.2) is 56.2 Å². The van der Waals surface area contributed by atoms with E-state index in [1.54, 1.807) is 0 Å². The molecular formula is C14H18. The SMILES string of the molecule is C=C.C=C/C(=C\C)c1cccc(C)c1. The number of aryl methyl sites for hydroxylation is 1. The van der Waals surface area contributed by atoms with Gasteiger partial charge in [0.1, 0.15) is 0 Å². The van der Waals surface area contributed by atoms with Gasteiger partial charge in [-0.2, -0.15) is 0 Å². The average molecular weight is 186 g/mol. The van der Waals surface area contributed by atoms with E-state index >= 15 is 0 Å². The molecule has 0 saturated heterocycles. The lowest BCUT2D eigenvalue weighted by Crippen LogP contribution is -1.80. The summed E-state index contributed by atoms with van der Waals surface area (Å²) in [6.07, 6.45) is 3.95. The maximum atomic E-state index is 3.77. The second kappa shape index (κ2) is 6.90. The zero-order chi connectivity index (χ0) is 11.0. The third kappa shape index (κ3) is 3.44. The third-order valence-electron chi connectivity index (χ3n) is 1.88. The van der Waals surface area contributed by atoms with Gasteiger partial charge in [0.05, 0.1) is 0 Å². The van der Waals surface area contributed by atoms with E-state index < -0.39 is 0 Å². The summed E-state index contributed by atoms with van der Waals surface area (Å²) in [5.74, 6) is 0. The maximum absolute atomic E-state index is 3.77. The van der Waals surface area contributed by atoms with Crippen molar-refractivity contribution in [2.24, 2.45) is 0 Å². The molecule has 0 atom stereocenters. The second-order valence-electron chi connectivity index (χ2n) is 2.82. The summed E-state index contributed by atoms with van der Waals surface area (Å²) in [7, 11) is 0. The van der Waals surface area contributed by atoms with Crippen LogP contribution in [0.2, 0.25) is 0 Å². The average Bonchev–Trinajstić information content (AvgIpc) is 2.23. The molecule has 1 aromatic carbocycles. The molecule has 0 saturated carbocycles. The van der Waals surface area contributed by atoms with Crippen LogP contribution in [0.3, 0.4) is 0 Å². The predicted molar refractivity (Wildman–Crippen MR) is 66.3 cm³/mol. The van der Waals surface area contributed by atoms with Crippen molar-refractivity contribution in [1.82, 2.24) is 0 Å². The Morgan fingerprint density at radius 3 is 2.36 bits per heavy atom. The van der Waals surface area contributed by atoms with Gasteiger partial charge < -0.3 is 0 Å². The molecule has 14 heavy (non-hydrogen) atoms. The first-order valence-electron chi connectivity index (χ1n) is 4.63. The molecule has 1 aromatic rings. The first-order valence-corrected chi connectivity index (χ1v) is 4.63. The van der Waals surface area contributed by atoms with Crippen molar-refractivity contribution in [2.75, 3.05) is 0 Å². The molecule has 0 aliphatic heterocycles. The number of hydrogen-bond acceptors (Lipinski definition) is 0. The second-order valence-corrected chi connectivity index (χ2v) is 2.82. The van der Waals surface area contributed by atoms with E-state index in [2.05, 4.69) is 57.0 Å². The van der Waals surface area contributed by atoms with Crippen molar-refractivity contribution >= 4 is 5.57 Å². The summed E-state index contributed by atoms with van der Waals surface area (Å²) in [4.78, 5) is 0. The Morgan fingerprint density at radius 2 is 1.93 bits per heavy atom. The Hall–Kier alpha value is -1.56. The molecule has 0 aliphatic carbocycles. The fourth-order valence-corrected chi connectivity index (χ4v) is 1.23. The summed E-state index contributed by atoms with van der Waals surface area (Å²) >= 11 is 0.